The van der Waals surface area contributed by atoms with Crippen molar-refractivity contribution in [1.82, 2.24) is 9.88 Å². The molecule has 7 heteroatoms. The van der Waals surface area contributed by atoms with Gasteiger partial charge < -0.3 is 9.64 Å². The zero-order valence-corrected chi connectivity index (χ0v) is 16.2. The van der Waals surface area contributed by atoms with E-state index >= 15 is 0 Å². The number of amides is 1. The third kappa shape index (κ3) is 3.05. The van der Waals surface area contributed by atoms with Gasteiger partial charge in [-0.05, 0) is 51.2 Å². The summed E-state index contributed by atoms with van der Waals surface area (Å²) in [5.74, 6) is 0.765. The minimum absolute atomic E-state index is 0.00351. The molecule has 6 nitrogen and oxygen atoms in total. The molecule has 1 atom stereocenters. The lowest BCUT2D eigenvalue weighted by atomic mass is 9.83. The molecule has 1 saturated carbocycles. The van der Waals surface area contributed by atoms with E-state index in [1.807, 2.05) is 13.8 Å². The molecule has 1 aromatic heterocycles. The highest BCUT2D eigenvalue weighted by molar-refractivity contribution is 7.93. The molecule has 2 saturated heterocycles. The average molecular weight is 378 g/mol. The van der Waals surface area contributed by atoms with Crippen LogP contribution < -0.4 is 0 Å². The molecule has 142 valence electrons. The highest BCUT2D eigenvalue weighted by Gasteiger charge is 2.62. The van der Waals surface area contributed by atoms with Crippen LogP contribution in [0.1, 0.15) is 41.0 Å². The first-order valence-corrected chi connectivity index (χ1v) is 11.0. The number of nitrogens with zero attached hydrogens (tertiary/aromatic N) is 2. The number of aromatic nitrogens is 1. The number of likely N-dealkylation sites (tertiary alicyclic amines) is 1. The Kier molecular flexibility index (Phi) is 4.34. The molecule has 2 aliphatic heterocycles. The van der Waals surface area contributed by atoms with Crippen LogP contribution in [0.4, 0.5) is 0 Å². The van der Waals surface area contributed by atoms with Gasteiger partial charge >= 0.3 is 0 Å². The predicted octanol–water partition coefficient (Wildman–Crippen LogP) is 1.75. The number of aryl methyl sites for hydroxylation is 2. The van der Waals surface area contributed by atoms with Gasteiger partial charge in [-0.1, -0.05) is 0 Å². The molecular weight excluding hydrogens is 352 g/mol. The number of carbonyl (C=O) groups is 1. The fourth-order valence-electron chi connectivity index (χ4n) is 4.25. The number of rotatable bonds is 5. The standard InChI is InChI=1S/C19H26N2O4S/c1-13-7-16(8-14(2)20-13)18(22)21-11-19(12-21)17(5-6-26(19,23)24)10-25-9-15-3-4-15/h7-8,15,17H,3-6,9-12H2,1-2H3. The lowest BCUT2D eigenvalue weighted by molar-refractivity contribution is 0.0228. The summed E-state index contributed by atoms with van der Waals surface area (Å²) in [6, 6.07) is 3.53. The first-order chi connectivity index (χ1) is 12.3. The van der Waals surface area contributed by atoms with Crippen molar-refractivity contribution in [3.8, 4) is 0 Å². The van der Waals surface area contributed by atoms with Crippen LogP contribution in [0.2, 0.25) is 0 Å². The zero-order valence-electron chi connectivity index (χ0n) is 15.4. The summed E-state index contributed by atoms with van der Waals surface area (Å²) < 4.78 is 30.4. The Labute approximate surface area is 154 Å². The lowest BCUT2D eigenvalue weighted by Crippen LogP contribution is -2.68. The van der Waals surface area contributed by atoms with Crippen LogP contribution in [0.3, 0.4) is 0 Å². The van der Waals surface area contributed by atoms with Gasteiger partial charge in [0.25, 0.3) is 5.91 Å². The summed E-state index contributed by atoms with van der Waals surface area (Å²) in [6.07, 6.45) is 3.09. The largest absolute Gasteiger partial charge is 0.381 e. The van der Waals surface area contributed by atoms with E-state index in [1.165, 1.54) is 12.8 Å². The number of pyridine rings is 1. The van der Waals surface area contributed by atoms with Crippen LogP contribution in [0.25, 0.3) is 0 Å². The minimum atomic E-state index is -3.19. The van der Waals surface area contributed by atoms with Crippen molar-refractivity contribution in [1.29, 1.82) is 0 Å². The molecule has 3 heterocycles. The van der Waals surface area contributed by atoms with Gasteiger partial charge in [-0.25, -0.2) is 8.42 Å². The van der Waals surface area contributed by atoms with Crippen LogP contribution in [0.15, 0.2) is 12.1 Å². The van der Waals surface area contributed by atoms with Gasteiger partial charge in [0.2, 0.25) is 0 Å². The van der Waals surface area contributed by atoms with E-state index in [1.54, 1.807) is 17.0 Å². The summed E-state index contributed by atoms with van der Waals surface area (Å²) in [6.45, 7) is 5.51. The van der Waals surface area contributed by atoms with Gasteiger partial charge in [-0.3, -0.25) is 9.78 Å². The molecule has 0 aromatic carbocycles. The molecule has 3 aliphatic rings. The maximum Gasteiger partial charge on any atom is 0.254 e. The van der Waals surface area contributed by atoms with Crippen molar-refractivity contribution in [2.45, 2.75) is 37.9 Å². The first kappa shape index (κ1) is 17.9. The van der Waals surface area contributed by atoms with E-state index in [-0.39, 0.29) is 30.7 Å². The fraction of sp³-hybridized carbons (Fsp3) is 0.684. The van der Waals surface area contributed by atoms with Crippen LogP contribution in [0.5, 0.6) is 0 Å². The van der Waals surface area contributed by atoms with Gasteiger partial charge in [-0.15, -0.1) is 0 Å². The second-order valence-electron chi connectivity index (χ2n) is 8.15. The number of hydrogen-bond acceptors (Lipinski definition) is 5. The fourth-order valence-corrected chi connectivity index (χ4v) is 6.65. The van der Waals surface area contributed by atoms with Crippen LogP contribution in [-0.4, -0.2) is 61.0 Å². The van der Waals surface area contributed by atoms with Crippen LogP contribution in [0, 0.1) is 25.7 Å². The molecule has 1 amide bonds. The predicted molar refractivity (Wildman–Crippen MR) is 97.8 cm³/mol. The molecule has 1 aromatic rings. The number of hydrogen-bond donors (Lipinski definition) is 0. The number of carbonyl (C=O) groups excluding carboxylic acids is 1. The first-order valence-electron chi connectivity index (χ1n) is 9.35. The van der Waals surface area contributed by atoms with Gasteiger partial charge in [-0.2, -0.15) is 0 Å². The van der Waals surface area contributed by atoms with E-state index in [2.05, 4.69) is 4.98 Å². The van der Waals surface area contributed by atoms with Crippen molar-refractivity contribution in [3.05, 3.63) is 29.1 Å². The maximum atomic E-state index is 12.8. The Hall–Kier alpha value is -1.47. The normalized spacial score (nSPS) is 26.1. The summed E-state index contributed by atoms with van der Waals surface area (Å²) in [7, 11) is -3.19. The second-order valence-corrected chi connectivity index (χ2v) is 10.6. The summed E-state index contributed by atoms with van der Waals surface area (Å²) in [5.41, 5.74) is 2.17. The highest BCUT2D eigenvalue weighted by Crippen LogP contribution is 2.45. The van der Waals surface area contributed by atoms with Crippen LogP contribution in [-0.2, 0) is 14.6 Å². The smallest absolute Gasteiger partial charge is 0.254 e. The molecule has 0 N–H and O–H groups in total. The van der Waals surface area contributed by atoms with E-state index in [0.29, 0.717) is 24.5 Å². The molecule has 3 fully saturated rings. The summed E-state index contributed by atoms with van der Waals surface area (Å²) in [4.78, 5) is 18.7. The SMILES string of the molecule is Cc1cc(C(=O)N2CC3(C2)C(COCC2CC2)CCS3(=O)=O)cc(C)n1. The number of sulfone groups is 1. The maximum absolute atomic E-state index is 12.8. The van der Waals surface area contributed by atoms with Gasteiger partial charge in [0, 0.05) is 42.6 Å². The van der Waals surface area contributed by atoms with Crippen molar-refractivity contribution in [2.24, 2.45) is 11.8 Å². The van der Waals surface area contributed by atoms with Crippen molar-refractivity contribution in [3.63, 3.8) is 0 Å². The van der Waals surface area contributed by atoms with Gasteiger partial charge in [0.1, 0.15) is 4.75 Å². The van der Waals surface area contributed by atoms with Gasteiger partial charge in [0.05, 0.1) is 12.4 Å². The summed E-state index contributed by atoms with van der Waals surface area (Å²) >= 11 is 0. The van der Waals surface area contributed by atoms with E-state index < -0.39 is 14.6 Å². The third-order valence-electron chi connectivity index (χ3n) is 6.00. The molecule has 4 rings (SSSR count). The zero-order chi connectivity index (χ0) is 18.5. The van der Waals surface area contributed by atoms with E-state index in [0.717, 1.165) is 18.0 Å². The Balaban J connectivity index is 1.46. The Morgan fingerprint density at radius 3 is 2.46 bits per heavy atom. The quantitative estimate of drug-likeness (QED) is 0.780. The van der Waals surface area contributed by atoms with Gasteiger partial charge in [0.15, 0.2) is 9.84 Å². The molecule has 1 aliphatic carbocycles. The van der Waals surface area contributed by atoms with Crippen LogP contribution >= 0.6 is 0 Å². The Morgan fingerprint density at radius 1 is 1.19 bits per heavy atom. The summed E-state index contributed by atoms with van der Waals surface area (Å²) in [5, 5.41) is 0. The third-order valence-corrected chi connectivity index (χ3v) is 8.60. The molecular formula is C19H26N2O4S. The second kappa shape index (κ2) is 6.30. The molecule has 1 spiro atoms. The number of ether oxygens (including phenoxy) is 1. The lowest BCUT2D eigenvalue weighted by Gasteiger charge is -2.49. The molecule has 0 bridgehead atoms. The van der Waals surface area contributed by atoms with Crippen molar-refractivity contribution in [2.75, 3.05) is 32.1 Å². The van der Waals surface area contributed by atoms with E-state index in [9.17, 15) is 13.2 Å². The van der Waals surface area contributed by atoms with E-state index in [4.69, 9.17) is 4.74 Å². The Morgan fingerprint density at radius 2 is 1.85 bits per heavy atom. The van der Waals surface area contributed by atoms with Crippen molar-refractivity contribution < 1.29 is 17.9 Å². The Bertz CT molecular complexity index is 806. The molecule has 26 heavy (non-hydrogen) atoms. The highest BCUT2D eigenvalue weighted by atomic mass is 32.2. The monoisotopic (exact) mass is 378 g/mol. The topological polar surface area (TPSA) is 76.6 Å². The molecule has 1 unspecified atom stereocenters. The minimum Gasteiger partial charge on any atom is -0.381 e. The van der Waals surface area contributed by atoms with Crippen molar-refractivity contribution >= 4 is 15.7 Å². The molecule has 0 radical (unpaired) electrons. The average Bonchev–Trinajstić information content (AvgIpc) is 3.29.